The van der Waals surface area contributed by atoms with Gasteiger partial charge in [0.15, 0.2) is 0 Å². The monoisotopic (exact) mass is 136 g/mol. The molecule has 0 saturated carbocycles. The average molecular weight is 136 g/mol. The zero-order valence-corrected chi connectivity index (χ0v) is 5.40. The van der Waals surface area contributed by atoms with Crippen LogP contribution in [0.5, 0.6) is 0 Å². The Morgan fingerprint density at radius 3 is 2.62 bits per heavy atom. The Bertz CT molecular complexity index is 95.9. The first-order valence-electron chi connectivity index (χ1n) is 2.01. The summed E-state index contributed by atoms with van der Waals surface area (Å²) in [4.78, 5) is 0. The second-order valence-corrected chi connectivity index (χ2v) is 2.11. The van der Waals surface area contributed by atoms with Gasteiger partial charge in [0, 0.05) is 0 Å². The molecule has 0 fully saturated rings. The van der Waals surface area contributed by atoms with Crippen molar-refractivity contribution in [3.8, 4) is 0 Å². The Hall–Kier alpha value is -0.190. The highest BCUT2D eigenvalue weighted by Gasteiger charge is 1.90. The first-order valence-corrected chi connectivity index (χ1v) is 3.04. The van der Waals surface area contributed by atoms with Crippen LogP contribution in [0.25, 0.3) is 0 Å². The highest BCUT2D eigenvalue weighted by atomic mass is 32.2. The van der Waals surface area contributed by atoms with Gasteiger partial charge in [-0.05, 0) is 6.92 Å². The molecule has 0 spiro atoms. The second kappa shape index (κ2) is 3.77. The first kappa shape index (κ1) is 7.81. The molecule has 0 bridgehead atoms. The molecule has 0 aromatic rings. The van der Waals surface area contributed by atoms with Crippen LogP contribution in [-0.2, 0) is 15.5 Å². The van der Waals surface area contributed by atoms with Gasteiger partial charge in [-0.15, -0.1) is 0 Å². The molecule has 0 aliphatic heterocycles. The lowest BCUT2D eigenvalue weighted by Crippen LogP contribution is -1.96. The minimum absolute atomic E-state index is 0.142. The van der Waals surface area contributed by atoms with E-state index in [0.717, 1.165) is 5.57 Å². The Balaban J connectivity index is 3.18. The molecule has 1 N–H and O–H groups in total. The number of hydrogen-bond donors (Lipinski definition) is 1. The van der Waals surface area contributed by atoms with E-state index in [1.165, 1.54) is 0 Å². The van der Waals surface area contributed by atoms with E-state index in [1.54, 1.807) is 6.92 Å². The summed E-state index contributed by atoms with van der Waals surface area (Å²) < 4.78 is 22.0. The van der Waals surface area contributed by atoms with E-state index >= 15 is 0 Å². The molecular formula is C4H8O3S. The molecule has 0 aliphatic rings. The quantitative estimate of drug-likeness (QED) is 0.459. The molecule has 0 aromatic carbocycles. The van der Waals surface area contributed by atoms with Crippen molar-refractivity contribution in [2.45, 2.75) is 6.92 Å². The van der Waals surface area contributed by atoms with Crippen molar-refractivity contribution in [1.29, 1.82) is 0 Å². The zero-order chi connectivity index (χ0) is 6.57. The largest absolute Gasteiger partial charge is 0.302 e. The fraction of sp³-hybridized carbons (Fsp3) is 0.500. The van der Waals surface area contributed by atoms with Crippen LogP contribution in [0.3, 0.4) is 0 Å². The van der Waals surface area contributed by atoms with Gasteiger partial charge in [0.2, 0.25) is 0 Å². The third kappa shape index (κ3) is 5.81. The molecule has 0 amide bonds. The van der Waals surface area contributed by atoms with Gasteiger partial charge in [-0.25, -0.2) is 0 Å². The molecule has 0 saturated heterocycles. The maximum Gasteiger partial charge on any atom is 0.302 e. The lowest BCUT2D eigenvalue weighted by Gasteiger charge is -1.93. The summed E-state index contributed by atoms with van der Waals surface area (Å²) in [7, 11) is 0. The van der Waals surface area contributed by atoms with E-state index in [4.69, 9.17) is 4.55 Å². The Labute approximate surface area is 50.8 Å². The summed E-state index contributed by atoms with van der Waals surface area (Å²) >= 11 is -2.15. The van der Waals surface area contributed by atoms with Crippen LogP contribution in [-0.4, -0.2) is 15.4 Å². The Morgan fingerprint density at radius 2 is 2.50 bits per heavy atom. The molecule has 3 nitrogen and oxygen atoms in total. The lowest BCUT2D eigenvalue weighted by atomic mass is 10.4. The molecule has 0 heterocycles. The molecule has 8 heavy (non-hydrogen) atoms. The normalized spacial score (nSPS) is 13.2. The standard InChI is InChI=1S/C4H8O3S/c1-4(2)3-7-8(5)6/h1,3H2,2H3,(H,5,6). The SMILES string of the molecule is C=C(C)COS(=O)O. The van der Waals surface area contributed by atoms with Gasteiger partial charge in [-0.1, -0.05) is 12.2 Å². The fourth-order valence-corrected chi connectivity index (χ4v) is 0.453. The predicted molar refractivity (Wildman–Crippen MR) is 31.5 cm³/mol. The predicted octanol–water partition coefficient (Wildman–Crippen LogP) is 0.716. The molecule has 0 radical (unpaired) electrons. The Morgan fingerprint density at radius 1 is 2.00 bits per heavy atom. The maximum atomic E-state index is 9.75. The average Bonchev–Trinajstić information content (AvgIpc) is 1.61. The maximum absolute atomic E-state index is 9.75. The molecule has 4 heteroatoms. The van der Waals surface area contributed by atoms with E-state index in [-0.39, 0.29) is 6.61 Å². The fourth-order valence-electron chi connectivity index (χ4n) is 0.151. The molecular weight excluding hydrogens is 128 g/mol. The third-order valence-corrected chi connectivity index (χ3v) is 0.726. The topological polar surface area (TPSA) is 46.5 Å². The van der Waals surface area contributed by atoms with E-state index < -0.39 is 11.4 Å². The van der Waals surface area contributed by atoms with Crippen molar-refractivity contribution in [3.63, 3.8) is 0 Å². The first-order chi connectivity index (χ1) is 3.63. The molecule has 0 rings (SSSR count). The molecule has 0 aliphatic carbocycles. The van der Waals surface area contributed by atoms with E-state index in [2.05, 4.69) is 10.8 Å². The number of rotatable bonds is 3. The van der Waals surface area contributed by atoms with Crippen LogP contribution in [0.2, 0.25) is 0 Å². The van der Waals surface area contributed by atoms with Gasteiger partial charge in [-0.2, -0.15) is 4.21 Å². The van der Waals surface area contributed by atoms with Crippen molar-refractivity contribution >= 4 is 11.4 Å². The van der Waals surface area contributed by atoms with Gasteiger partial charge in [0.1, 0.15) is 0 Å². The molecule has 0 aromatic heterocycles. The van der Waals surface area contributed by atoms with Gasteiger partial charge >= 0.3 is 11.4 Å². The summed E-state index contributed by atoms with van der Waals surface area (Å²) in [6, 6.07) is 0. The lowest BCUT2D eigenvalue weighted by molar-refractivity contribution is 0.335. The van der Waals surface area contributed by atoms with Crippen LogP contribution < -0.4 is 0 Å². The van der Waals surface area contributed by atoms with Gasteiger partial charge in [-0.3, -0.25) is 8.74 Å². The minimum atomic E-state index is -2.15. The van der Waals surface area contributed by atoms with Crippen molar-refractivity contribution in [2.75, 3.05) is 6.61 Å². The second-order valence-electron chi connectivity index (χ2n) is 1.44. The van der Waals surface area contributed by atoms with Crippen LogP contribution in [0.4, 0.5) is 0 Å². The van der Waals surface area contributed by atoms with Gasteiger partial charge in [0.05, 0.1) is 6.61 Å². The summed E-state index contributed by atoms with van der Waals surface area (Å²) in [6.45, 7) is 5.31. The summed E-state index contributed by atoms with van der Waals surface area (Å²) in [6.07, 6.45) is 0. The van der Waals surface area contributed by atoms with Crippen molar-refractivity contribution in [1.82, 2.24) is 0 Å². The highest BCUT2D eigenvalue weighted by Crippen LogP contribution is 1.88. The Kier molecular flexibility index (Phi) is 3.68. The van der Waals surface area contributed by atoms with E-state index in [1.807, 2.05) is 0 Å². The van der Waals surface area contributed by atoms with E-state index in [9.17, 15) is 4.21 Å². The van der Waals surface area contributed by atoms with Gasteiger partial charge < -0.3 is 0 Å². The van der Waals surface area contributed by atoms with Crippen LogP contribution >= 0.6 is 0 Å². The molecule has 48 valence electrons. The molecule has 1 unspecified atom stereocenters. The van der Waals surface area contributed by atoms with Crippen LogP contribution in [0.15, 0.2) is 12.2 Å². The van der Waals surface area contributed by atoms with Crippen molar-refractivity contribution in [3.05, 3.63) is 12.2 Å². The van der Waals surface area contributed by atoms with Crippen LogP contribution in [0, 0.1) is 0 Å². The van der Waals surface area contributed by atoms with Gasteiger partial charge in [0.25, 0.3) is 0 Å². The minimum Gasteiger partial charge on any atom is -0.284 e. The highest BCUT2D eigenvalue weighted by molar-refractivity contribution is 7.74. The summed E-state index contributed by atoms with van der Waals surface area (Å²) in [5, 5.41) is 0. The molecule has 1 atom stereocenters. The third-order valence-electron chi connectivity index (χ3n) is 0.406. The summed E-state index contributed by atoms with van der Waals surface area (Å²) in [5.41, 5.74) is 0.729. The van der Waals surface area contributed by atoms with E-state index in [0.29, 0.717) is 0 Å². The summed E-state index contributed by atoms with van der Waals surface area (Å²) in [5.74, 6) is 0. The zero-order valence-electron chi connectivity index (χ0n) is 4.59. The number of hydrogen-bond acceptors (Lipinski definition) is 2. The van der Waals surface area contributed by atoms with Crippen LogP contribution in [0.1, 0.15) is 6.92 Å². The van der Waals surface area contributed by atoms with Crippen molar-refractivity contribution < 1.29 is 12.9 Å². The smallest absolute Gasteiger partial charge is 0.284 e. The van der Waals surface area contributed by atoms with Crippen molar-refractivity contribution in [2.24, 2.45) is 0 Å².